The smallest absolute Gasteiger partial charge is 0.312 e. The summed E-state index contributed by atoms with van der Waals surface area (Å²) in [5.41, 5.74) is 1.64. The summed E-state index contributed by atoms with van der Waals surface area (Å²) >= 11 is 0. The lowest BCUT2D eigenvalue weighted by Crippen LogP contribution is -2.54. The normalized spacial score (nSPS) is 27.2. The number of nitrogens with zero attached hydrogens (tertiary/aromatic N) is 1. The molecule has 33 heavy (non-hydrogen) atoms. The summed E-state index contributed by atoms with van der Waals surface area (Å²) in [4.78, 5) is 28.0. The minimum Gasteiger partial charge on any atom is -0.419 e. The number of carbonyl (C=O) groups excluding carboxylic acids is 2. The summed E-state index contributed by atoms with van der Waals surface area (Å²) in [5, 5.41) is 18.2. The second-order valence-corrected chi connectivity index (χ2v) is 9.84. The molecule has 1 aromatic rings. The SMILES string of the molecule is N=C(OC(=N)C(F)F)c1ccc2c(c1)C(=O)N(C1CCCC[C@H]1NC(=O)C1CC13CCC3)C2. The van der Waals surface area contributed by atoms with Crippen molar-refractivity contribution in [2.24, 2.45) is 11.3 Å². The molecule has 2 amide bonds. The van der Waals surface area contributed by atoms with Crippen molar-refractivity contribution in [3.05, 3.63) is 34.9 Å². The standard InChI is InChI=1S/C24H28F2N4O3/c25-19(26)21(28)33-20(27)13-6-7-14-12-30(23(32)15(14)10-13)18-5-2-1-4-17(18)29-22(31)16-11-24(16)8-3-9-24/h6-7,10,16-19,27-28H,1-5,8-9,11-12H2,(H,29,31)/t16?,17-,18?/m1/s1. The maximum absolute atomic E-state index is 13.3. The molecular weight excluding hydrogens is 430 g/mol. The first-order valence-corrected chi connectivity index (χ1v) is 11.7. The van der Waals surface area contributed by atoms with Gasteiger partial charge in [-0.15, -0.1) is 0 Å². The van der Waals surface area contributed by atoms with Gasteiger partial charge in [0.15, 0.2) is 0 Å². The van der Waals surface area contributed by atoms with Gasteiger partial charge in [-0.1, -0.05) is 25.3 Å². The molecule has 3 aliphatic carbocycles. The topological polar surface area (TPSA) is 106 Å². The van der Waals surface area contributed by atoms with Crippen LogP contribution in [0, 0.1) is 22.2 Å². The zero-order valence-electron chi connectivity index (χ0n) is 18.3. The van der Waals surface area contributed by atoms with E-state index in [-0.39, 0.29) is 40.8 Å². The molecule has 1 aromatic carbocycles. The number of hydrogen-bond acceptors (Lipinski definition) is 5. The fourth-order valence-electron chi connectivity index (χ4n) is 5.78. The fraction of sp³-hybridized carbons (Fsp3) is 0.583. The minimum atomic E-state index is -3.11. The Morgan fingerprint density at radius 2 is 1.94 bits per heavy atom. The quantitative estimate of drug-likeness (QED) is 0.461. The number of ether oxygens (including phenoxy) is 1. The molecule has 5 rings (SSSR count). The third kappa shape index (κ3) is 3.91. The minimum absolute atomic E-state index is 0.0742. The summed E-state index contributed by atoms with van der Waals surface area (Å²) < 4.78 is 29.7. The lowest BCUT2D eigenvalue weighted by molar-refractivity contribution is -0.125. The van der Waals surface area contributed by atoms with Gasteiger partial charge in [0.25, 0.3) is 11.8 Å². The lowest BCUT2D eigenvalue weighted by Gasteiger charge is -2.38. The van der Waals surface area contributed by atoms with Crippen LogP contribution in [0.1, 0.15) is 72.9 Å². The average Bonchev–Trinajstić information content (AvgIpc) is 3.47. The summed E-state index contributed by atoms with van der Waals surface area (Å²) in [6, 6.07) is 4.55. The van der Waals surface area contributed by atoms with Gasteiger partial charge in [-0.2, -0.15) is 8.78 Å². The molecule has 2 unspecified atom stereocenters. The molecule has 3 N–H and O–H groups in total. The van der Waals surface area contributed by atoms with Gasteiger partial charge in [0.05, 0.1) is 6.04 Å². The number of halogens is 2. The molecule has 7 nitrogen and oxygen atoms in total. The van der Waals surface area contributed by atoms with E-state index in [2.05, 4.69) is 10.1 Å². The summed E-state index contributed by atoms with van der Waals surface area (Å²) in [7, 11) is 0. The highest BCUT2D eigenvalue weighted by atomic mass is 19.3. The molecule has 0 bridgehead atoms. The van der Waals surface area contributed by atoms with E-state index in [0.29, 0.717) is 12.1 Å². The predicted molar refractivity (Wildman–Crippen MR) is 117 cm³/mol. The number of nitrogens with one attached hydrogen (secondary N) is 3. The molecule has 3 saturated carbocycles. The molecular formula is C24H28F2N4O3. The number of hydrogen-bond donors (Lipinski definition) is 3. The van der Waals surface area contributed by atoms with E-state index >= 15 is 0 Å². The Bertz CT molecular complexity index is 1020. The van der Waals surface area contributed by atoms with E-state index in [1.807, 2.05) is 0 Å². The van der Waals surface area contributed by atoms with Crippen LogP contribution in [0.4, 0.5) is 8.78 Å². The van der Waals surface area contributed by atoms with Gasteiger partial charge >= 0.3 is 6.43 Å². The fourth-order valence-corrected chi connectivity index (χ4v) is 5.78. The third-order valence-corrected chi connectivity index (χ3v) is 7.93. The summed E-state index contributed by atoms with van der Waals surface area (Å²) in [6.07, 6.45) is 5.06. The molecule has 4 aliphatic rings. The van der Waals surface area contributed by atoms with E-state index < -0.39 is 18.2 Å². The number of carbonyl (C=O) groups is 2. The highest BCUT2D eigenvalue weighted by molar-refractivity contribution is 6.04. The van der Waals surface area contributed by atoms with Gasteiger partial charge in [-0.05, 0) is 55.2 Å². The van der Waals surface area contributed by atoms with E-state index in [4.69, 9.17) is 10.8 Å². The molecule has 176 valence electrons. The molecule has 3 fully saturated rings. The van der Waals surface area contributed by atoms with Crippen LogP contribution in [-0.2, 0) is 16.1 Å². The summed E-state index contributed by atoms with van der Waals surface area (Å²) in [5.74, 6) is -1.82. The van der Waals surface area contributed by atoms with Gasteiger partial charge in [-0.3, -0.25) is 20.4 Å². The van der Waals surface area contributed by atoms with Crippen LogP contribution in [0.15, 0.2) is 18.2 Å². The number of rotatable bonds is 5. The Morgan fingerprint density at radius 1 is 1.18 bits per heavy atom. The van der Waals surface area contributed by atoms with Crippen LogP contribution >= 0.6 is 0 Å². The van der Waals surface area contributed by atoms with Gasteiger partial charge in [0.2, 0.25) is 11.8 Å². The van der Waals surface area contributed by atoms with Crippen molar-refractivity contribution >= 4 is 23.6 Å². The molecule has 3 atom stereocenters. The van der Waals surface area contributed by atoms with Gasteiger partial charge in [0.1, 0.15) is 0 Å². The Morgan fingerprint density at radius 3 is 2.61 bits per heavy atom. The largest absolute Gasteiger partial charge is 0.419 e. The second-order valence-electron chi connectivity index (χ2n) is 9.84. The van der Waals surface area contributed by atoms with E-state index in [0.717, 1.165) is 50.5 Å². The van der Waals surface area contributed by atoms with Crippen molar-refractivity contribution in [3.8, 4) is 0 Å². The lowest BCUT2D eigenvalue weighted by atomic mass is 9.79. The Balaban J connectivity index is 1.28. The maximum Gasteiger partial charge on any atom is 0.312 e. The average molecular weight is 459 g/mol. The number of fused-ring (bicyclic) bond motifs is 1. The Labute approximate surface area is 190 Å². The summed E-state index contributed by atoms with van der Waals surface area (Å²) in [6.45, 7) is 0.417. The van der Waals surface area contributed by atoms with Crippen LogP contribution in [0.25, 0.3) is 0 Å². The van der Waals surface area contributed by atoms with Crippen LogP contribution in [0.3, 0.4) is 0 Å². The van der Waals surface area contributed by atoms with Crippen LogP contribution in [-0.4, -0.2) is 47.0 Å². The first-order chi connectivity index (χ1) is 15.8. The zero-order valence-corrected chi connectivity index (χ0v) is 18.3. The number of amides is 2. The van der Waals surface area contributed by atoms with E-state index in [1.54, 1.807) is 17.0 Å². The number of benzene rings is 1. The van der Waals surface area contributed by atoms with Crippen molar-refractivity contribution in [3.63, 3.8) is 0 Å². The molecule has 1 heterocycles. The van der Waals surface area contributed by atoms with Crippen LogP contribution in [0.5, 0.6) is 0 Å². The van der Waals surface area contributed by atoms with Crippen molar-refractivity contribution in [2.75, 3.05) is 0 Å². The molecule has 9 heteroatoms. The first kappa shape index (κ1) is 22.0. The van der Waals surface area contributed by atoms with Gasteiger partial charge in [-0.25, -0.2) is 0 Å². The Hall–Kier alpha value is -2.84. The van der Waals surface area contributed by atoms with Gasteiger partial charge in [0, 0.05) is 29.6 Å². The van der Waals surface area contributed by atoms with Crippen molar-refractivity contribution in [2.45, 2.75) is 76.4 Å². The highest BCUT2D eigenvalue weighted by Gasteiger charge is 2.61. The Kier molecular flexibility index (Phi) is 5.45. The predicted octanol–water partition coefficient (Wildman–Crippen LogP) is 3.84. The monoisotopic (exact) mass is 458 g/mol. The van der Waals surface area contributed by atoms with Crippen molar-refractivity contribution in [1.29, 1.82) is 10.8 Å². The van der Waals surface area contributed by atoms with Crippen molar-refractivity contribution < 1.29 is 23.1 Å². The van der Waals surface area contributed by atoms with Gasteiger partial charge < -0.3 is 15.0 Å². The van der Waals surface area contributed by atoms with Crippen LogP contribution < -0.4 is 5.32 Å². The van der Waals surface area contributed by atoms with Crippen LogP contribution in [0.2, 0.25) is 0 Å². The molecule has 1 aliphatic heterocycles. The third-order valence-electron chi connectivity index (χ3n) is 7.93. The second kappa shape index (κ2) is 8.18. The molecule has 0 radical (unpaired) electrons. The zero-order chi connectivity index (χ0) is 23.3. The maximum atomic E-state index is 13.3. The molecule has 1 spiro atoms. The molecule has 0 aromatic heterocycles. The van der Waals surface area contributed by atoms with E-state index in [9.17, 15) is 18.4 Å². The first-order valence-electron chi connectivity index (χ1n) is 11.7. The highest BCUT2D eigenvalue weighted by Crippen LogP contribution is 2.65. The number of alkyl halides is 2. The molecule has 0 saturated heterocycles. The van der Waals surface area contributed by atoms with E-state index in [1.165, 1.54) is 12.5 Å². The van der Waals surface area contributed by atoms with Crippen molar-refractivity contribution in [1.82, 2.24) is 10.2 Å².